The number of carbonyl (C=O) groups is 1. The number of hydrogen-bond donors (Lipinski definition) is 0. The number of fused-ring (bicyclic) bond motifs is 1. The third-order valence-electron chi connectivity index (χ3n) is 4.07. The molecule has 2 aromatic rings. The summed E-state index contributed by atoms with van der Waals surface area (Å²) < 4.78 is 13.8. The molecule has 1 aliphatic rings. The molecule has 1 saturated heterocycles. The Labute approximate surface area is 118 Å². The fourth-order valence-corrected chi connectivity index (χ4v) is 2.90. The molecular weight excluding hydrogens is 253 g/mol. The van der Waals surface area contributed by atoms with Gasteiger partial charge in [-0.1, -0.05) is 38.1 Å². The van der Waals surface area contributed by atoms with Gasteiger partial charge >= 0.3 is 0 Å². The molecule has 104 valence electrons. The van der Waals surface area contributed by atoms with Gasteiger partial charge in [0.2, 0.25) is 0 Å². The highest BCUT2D eigenvalue weighted by molar-refractivity contribution is 6.07. The van der Waals surface area contributed by atoms with Crippen molar-refractivity contribution in [3.8, 4) is 0 Å². The van der Waals surface area contributed by atoms with Crippen molar-refractivity contribution in [2.24, 2.45) is 5.41 Å². The van der Waals surface area contributed by atoms with Gasteiger partial charge in [0.1, 0.15) is 5.82 Å². The van der Waals surface area contributed by atoms with Gasteiger partial charge in [0.15, 0.2) is 0 Å². The molecule has 0 spiro atoms. The molecule has 3 heteroatoms. The van der Waals surface area contributed by atoms with Gasteiger partial charge in [0, 0.05) is 24.0 Å². The second-order valence-electron chi connectivity index (χ2n) is 6.28. The quantitative estimate of drug-likeness (QED) is 0.771. The van der Waals surface area contributed by atoms with E-state index in [9.17, 15) is 9.18 Å². The van der Waals surface area contributed by atoms with Crippen molar-refractivity contribution in [3.63, 3.8) is 0 Å². The van der Waals surface area contributed by atoms with Crippen LogP contribution in [-0.4, -0.2) is 23.9 Å². The molecule has 2 aromatic carbocycles. The van der Waals surface area contributed by atoms with E-state index < -0.39 is 0 Å². The smallest absolute Gasteiger partial charge is 0.254 e. The maximum absolute atomic E-state index is 13.8. The summed E-state index contributed by atoms with van der Waals surface area (Å²) in [5.41, 5.74) is 0.769. The third-order valence-corrected chi connectivity index (χ3v) is 4.07. The molecule has 1 amide bonds. The van der Waals surface area contributed by atoms with Crippen LogP contribution >= 0.6 is 0 Å². The van der Waals surface area contributed by atoms with Gasteiger partial charge in [0.05, 0.1) is 0 Å². The Morgan fingerprint density at radius 1 is 1.15 bits per heavy atom. The van der Waals surface area contributed by atoms with E-state index in [1.54, 1.807) is 18.2 Å². The van der Waals surface area contributed by atoms with E-state index in [0.717, 1.165) is 19.5 Å². The first kappa shape index (κ1) is 13.1. The maximum Gasteiger partial charge on any atom is 0.254 e. The predicted octanol–water partition coefficient (Wildman–Crippen LogP) is 3.85. The van der Waals surface area contributed by atoms with Crippen LogP contribution in [0, 0.1) is 11.2 Å². The van der Waals surface area contributed by atoms with E-state index in [1.807, 2.05) is 17.0 Å². The topological polar surface area (TPSA) is 20.3 Å². The Bertz CT molecular complexity index is 678. The van der Waals surface area contributed by atoms with Crippen molar-refractivity contribution in [2.75, 3.05) is 13.1 Å². The van der Waals surface area contributed by atoms with E-state index in [2.05, 4.69) is 13.8 Å². The van der Waals surface area contributed by atoms with E-state index in [0.29, 0.717) is 16.3 Å². The summed E-state index contributed by atoms with van der Waals surface area (Å²) >= 11 is 0. The van der Waals surface area contributed by atoms with Gasteiger partial charge in [-0.25, -0.2) is 4.39 Å². The van der Waals surface area contributed by atoms with Crippen LogP contribution in [0.3, 0.4) is 0 Å². The average Bonchev–Trinajstić information content (AvgIpc) is 2.79. The zero-order chi connectivity index (χ0) is 14.3. The van der Waals surface area contributed by atoms with Gasteiger partial charge in [-0.05, 0) is 29.4 Å². The van der Waals surface area contributed by atoms with Crippen molar-refractivity contribution in [2.45, 2.75) is 20.3 Å². The second-order valence-corrected chi connectivity index (χ2v) is 6.28. The van der Waals surface area contributed by atoms with Crippen molar-refractivity contribution in [3.05, 3.63) is 47.8 Å². The number of benzene rings is 2. The van der Waals surface area contributed by atoms with Crippen LogP contribution in [0.15, 0.2) is 36.4 Å². The Kier molecular flexibility index (Phi) is 3.00. The molecule has 0 radical (unpaired) electrons. The molecule has 3 rings (SSSR count). The summed E-state index contributed by atoms with van der Waals surface area (Å²) in [5.74, 6) is -0.273. The highest BCUT2D eigenvalue weighted by Gasteiger charge is 2.32. The standard InChI is InChI=1S/C17H18FNO/c1-17(2)9-10-19(11-17)16(20)14-7-8-15(18)13-6-4-3-5-12(13)14/h3-8H,9-11H2,1-2H3. The molecule has 20 heavy (non-hydrogen) atoms. The fraction of sp³-hybridized carbons (Fsp3) is 0.353. The molecular formula is C17H18FNO. The van der Waals surface area contributed by atoms with E-state index >= 15 is 0 Å². The number of hydrogen-bond acceptors (Lipinski definition) is 1. The van der Waals surface area contributed by atoms with Crippen molar-refractivity contribution >= 4 is 16.7 Å². The highest BCUT2D eigenvalue weighted by Crippen LogP contribution is 2.31. The Balaban J connectivity index is 2.03. The predicted molar refractivity (Wildman–Crippen MR) is 78.2 cm³/mol. The number of rotatable bonds is 1. The molecule has 1 heterocycles. The number of likely N-dealkylation sites (tertiary alicyclic amines) is 1. The summed E-state index contributed by atoms with van der Waals surface area (Å²) in [5, 5.41) is 1.21. The SMILES string of the molecule is CC1(C)CCN(C(=O)c2ccc(F)c3ccccc23)C1. The van der Waals surface area contributed by atoms with Crippen LogP contribution in [0.5, 0.6) is 0 Å². The first-order chi connectivity index (χ1) is 9.48. The highest BCUT2D eigenvalue weighted by atomic mass is 19.1. The molecule has 0 atom stereocenters. The second kappa shape index (κ2) is 4.58. The first-order valence-corrected chi connectivity index (χ1v) is 6.94. The largest absolute Gasteiger partial charge is 0.338 e. The van der Waals surface area contributed by atoms with E-state index in [-0.39, 0.29) is 17.1 Å². The van der Waals surface area contributed by atoms with E-state index in [1.165, 1.54) is 6.07 Å². The summed E-state index contributed by atoms with van der Waals surface area (Å²) in [7, 11) is 0. The summed E-state index contributed by atoms with van der Waals surface area (Å²) in [4.78, 5) is 14.5. The monoisotopic (exact) mass is 271 g/mol. The summed E-state index contributed by atoms with van der Waals surface area (Å²) in [6, 6.07) is 10.1. The van der Waals surface area contributed by atoms with Gasteiger partial charge in [-0.2, -0.15) is 0 Å². The molecule has 0 unspecified atom stereocenters. The van der Waals surface area contributed by atoms with Crippen LogP contribution in [0.4, 0.5) is 4.39 Å². The molecule has 0 aliphatic carbocycles. The normalized spacial score (nSPS) is 17.6. The minimum atomic E-state index is -0.279. The van der Waals surface area contributed by atoms with Gasteiger partial charge in [-0.3, -0.25) is 4.79 Å². The molecule has 2 nitrogen and oxygen atoms in total. The van der Waals surface area contributed by atoms with Crippen molar-refractivity contribution in [1.29, 1.82) is 0 Å². The van der Waals surface area contributed by atoms with Crippen LogP contribution < -0.4 is 0 Å². The number of halogens is 1. The van der Waals surface area contributed by atoms with Crippen molar-refractivity contribution in [1.82, 2.24) is 4.90 Å². The number of carbonyl (C=O) groups excluding carboxylic acids is 1. The van der Waals surface area contributed by atoms with Gasteiger partial charge in [-0.15, -0.1) is 0 Å². The molecule has 1 fully saturated rings. The Morgan fingerprint density at radius 3 is 2.50 bits per heavy atom. The fourth-order valence-electron chi connectivity index (χ4n) is 2.90. The third kappa shape index (κ3) is 2.17. The summed E-state index contributed by atoms with van der Waals surface area (Å²) in [6.45, 7) is 5.88. The average molecular weight is 271 g/mol. The molecule has 0 aromatic heterocycles. The van der Waals surface area contributed by atoms with Gasteiger partial charge < -0.3 is 4.90 Å². The molecule has 1 aliphatic heterocycles. The minimum Gasteiger partial charge on any atom is -0.338 e. The lowest BCUT2D eigenvalue weighted by atomic mass is 9.93. The maximum atomic E-state index is 13.8. The Hall–Kier alpha value is -1.90. The lowest BCUT2D eigenvalue weighted by Gasteiger charge is -2.20. The Morgan fingerprint density at radius 2 is 1.85 bits per heavy atom. The van der Waals surface area contributed by atoms with Crippen LogP contribution in [0.25, 0.3) is 10.8 Å². The molecule has 0 saturated carbocycles. The zero-order valence-corrected chi connectivity index (χ0v) is 11.8. The number of nitrogens with zero attached hydrogens (tertiary/aromatic N) is 1. The molecule has 0 bridgehead atoms. The lowest BCUT2D eigenvalue weighted by molar-refractivity contribution is 0.0780. The van der Waals surface area contributed by atoms with Crippen LogP contribution in [0.2, 0.25) is 0 Å². The minimum absolute atomic E-state index is 0.00627. The lowest BCUT2D eigenvalue weighted by Crippen LogP contribution is -2.30. The number of amides is 1. The summed E-state index contributed by atoms with van der Waals surface area (Å²) in [6.07, 6.45) is 1.01. The zero-order valence-electron chi connectivity index (χ0n) is 11.8. The van der Waals surface area contributed by atoms with E-state index in [4.69, 9.17) is 0 Å². The first-order valence-electron chi connectivity index (χ1n) is 6.94. The molecule has 0 N–H and O–H groups in total. The van der Waals surface area contributed by atoms with Crippen LogP contribution in [-0.2, 0) is 0 Å². The van der Waals surface area contributed by atoms with Gasteiger partial charge in [0.25, 0.3) is 5.91 Å². The van der Waals surface area contributed by atoms with Crippen LogP contribution in [0.1, 0.15) is 30.6 Å². The van der Waals surface area contributed by atoms with Crippen molar-refractivity contribution < 1.29 is 9.18 Å².